The molecule has 0 aliphatic heterocycles. The van der Waals surface area contributed by atoms with E-state index in [0.29, 0.717) is 5.41 Å². The standard InChI is InChI=1S/C12H18.C7H14O2.C3H8/c1-5-12(3,4)11-9-7-6-8-10(11)2;1-5-7(2,3)6(8)9-4;1-3-2/h6-9H,5H2,1-4H3;5H2,1-4H3;3H2,1-2H3. The normalized spacial score (nSPS) is 10.8. The molecule has 0 heterocycles. The van der Waals surface area contributed by atoms with Gasteiger partial charge in [0.1, 0.15) is 0 Å². The van der Waals surface area contributed by atoms with Gasteiger partial charge in [0.05, 0.1) is 12.5 Å². The van der Waals surface area contributed by atoms with Crippen molar-refractivity contribution in [2.24, 2.45) is 5.41 Å². The summed E-state index contributed by atoms with van der Waals surface area (Å²) in [6, 6.07) is 8.65. The first kappa shape index (κ1) is 24.9. The monoisotopic (exact) mass is 336 g/mol. The van der Waals surface area contributed by atoms with Crippen molar-refractivity contribution in [3.63, 3.8) is 0 Å². The highest BCUT2D eigenvalue weighted by molar-refractivity contribution is 5.75. The van der Waals surface area contributed by atoms with Crippen LogP contribution in [-0.4, -0.2) is 13.1 Å². The average molecular weight is 337 g/mol. The molecule has 0 atom stereocenters. The van der Waals surface area contributed by atoms with Crippen LogP contribution < -0.4 is 0 Å². The van der Waals surface area contributed by atoms with E-state index in [0.717, 1.165) is 6.42 Å². The van der Waals surface area contributed by atoms with Crippen LogP contribution in [0.1, 0.15) is 85.8 Å². The van der Waals surface area contributed by atoms with Crippen molar-refractivity contribution in [1.29, 1.82) is 0 Å². The lowest BCUT2D eigenvalue weighted by Crippen LogP contribution is -2.24. The second-order valence-corrected chi connectivity index (χ2v) is 7.49. The van der Waals surface area contributed by atoms with Crippen LogP contribution in [0.15, 0.2) is 24.3 Å². The number of hydrogen-bond acceptors (Lipinski definition) is 2. The van der Waals surface area contributed by atoms with Gasteiger partial charge in [0.25, 0.3) is 0 Å². The maximum atomic E-state index is 10.8. The molecule has 0 unspecified atom stereocenters. The Balaban J connectivity index is 0. The highest BCUT2D eigenvalue weighted by Gasteiger charge is 2.25. The Labute approximate surface area is 151 Å². The van der Waals surface area contributed by atoms with Gasteiger partial charge in [-0.25, -0.2) is 0 Å². The molecule has 0 aromatic heterocycles. The summed E-state index contributed by atoms with van der Waals surface area (Å²) >= 11 is 0. The number of hydrogen-bond donors (Lipinski definition) is 0. The predicted molar refractivity (Wildman–Crippen MR) is 107 cm³/mol. The largest absolute Gasteiger partial charge is 0.469 e. The molecule has 0 saturated carbocycles. The molecule has 1 aromatic rings. The van der Waals surface area contributed by atoms with Crippen molar-refractivity contribution in [2.75, 3.05) is 7.11 Å². The number of aryl methyl sites for hydroxylation is 1. The van der Waals surface area contributed by atoms with Gasteiger partial charge in [-0.05, 0) is 50.2 Å². The molecule has 0 bridgehead atoms. The van der Waals surface area contributed by atoms with Crippen LogP contribution in [0.3, 0.4) is 0 Å². The predicted octanol–water partition coefficient (Wildman–Crippen LogP) is 6.69. The summed E-state index contributed by atoms with van der Waals surface area (Å²) < 4.78 is 4.57. The van der Waals surface area contributed by atoms with Crippen LogP contribution in [0.2, 0.25) is 0 Å². The Bertz CT molecular complexity index is 459. The maximum Gasteiger partial charge on any atom is 0.311 e. The molecule has 0 aliphatic rings. The Morgan fingerprint density at radius 3 is 1.71 bits per heavy atom. The van der Waals surface area contributed by atoms with E-state index in [-0.39, 0.29) is 11.4 Å². The Morgan fingerprint density at radius 1 is 0.958 bits per heavy atom. The fourth-order valence-corrected chi connectivity index (χ4v) is 1.94. The second kappa shape index (κ2) is 12.1. The number of carbonyl (C=O) groups excluding carboxylic acids is 1. The first-order valence-corrected chi connectivity index (χ1v) is 9.18. The SMILES string of the molecule is CCC.CCC(C)(C)C(=O)OC.CCC(C)(C)c1ccccc1C. The molecule has 0 spiro atoms. The van der Waals surface area contributed by atoms with E-state index < -0.39 is 0 Å². The van der Waals surface area contributed by atoms with Gasteiger partial charge in [0.15, 0.2) is 0 Å². The van der Waals surface area contributed by atoms with Crippen molar-refractivity contribution in [1.82, 2.24) is 0 Å². The summed E-state index contributed by atoms with van der Waals surface area (Å²) in [4.78, 5) is 10.8. The Morgan fingerprint density at radius 2 is 1.42 bits per heavy atom. The zero-order valence-corrected chi connectivity index (χ0v) is 17.7. The highest BCUT2D eigenvalue weighted by Crippen LogP contribution is 2.28. The molecule has 1 aromatic carbocycles. The molecule has 24 heavy (non-hydrogen) atoms. The Hall–Kier alpha value is -1.31. The van der Waals surface area contributed by atoms with Crippen LogP contribution in [0.5, 0.6) is 0 Å². The molecule has 1 rings (SSSR count). The molecule has 0 fully saturated rings. The number of methoxy groups -OCH3 is 1. The van der Waals surface area contributed by atoms with Crippen LogP contribution in [0.4, 0.5) is 0 Å². The van der Waals surface area contributed by atoms with Crippen LogP contribution in [-0.2, 0) is 14.9 Å². The molecule has 140 valence electrons. The van der Waals surface area contributed by atoms with E-state index in [1.807, 2.05) is 20.8 Å². The van der Waals surface area contributed by atoms with Gasteiger partial charge < -0.3 is 4.74 Å². The highest BCUT2D eigenvalue weighted by atomic mass is 16.5. The summed E-state index contributed by atoms with van der Waals surface area (Å²) in [5.74, 6) is -0.134. The first-order valence-electron chi connectivity index (χ1n) is 9.18. The number of carbonyl (C=O) groups is 1. The summed E-state index contributed by atoms with van der Waals surface area (Å²) in [6.07, 6.45) is 3.26. The van der Waals surface area contributed by atoms with Gasteiger partial charge in [0, 0.05) is 0 Å². The van der Waals surface area contributed by atoms with E-state index in [2.05, 4.69) is 70.5 Å². The van der Waals surface area contributed by atoms with Gasteiger partial charge in [-0.15, -0.1) is 0 Å². The Kier molecular flexibility index (Phi) is 12.6. The molecule has 0 N–H and O–H groups in total. The average Bonchev–Trinajstić information content (AvgIpc) is 2.55. The van der Waals surface area contributed by atoms with E-state index in [1.165, 1.54) is 31.1 Å². The lowest BCUT2D eigenvalue weighted by atomic mass is 9.80. The quantitative estimate of drug-likeness (QED) is 0.572. The molecule has 0 aliphatic carbocycles. The first-order chi connectivity index (χ1) is 11.0. The minimum absolute atomic E-state index is 0.134. The van der Waals surface area contributed by atoms with Crippen molar-refractivity contribution < 1.29 is 9.53 Å². The third-order valence-corrected chi connectivity index (χ3v) is 4.38. The summed E-state index contributed by atoms with van der Waals surface area (Å²) in [5, 5.41) is 0. The van der Waals surface area contributed by atoms with Crippen LogP contribution >= 0.6 is 0 Å². The minimum atomic E-state index is -0.311. The lowest BCUT2D eigenvalue weighted by Gasteiger charge is -2.25. The van der Waals surface area contributed by atoms with Gasteiger partial charge in [-0.2, -0.15) is 0 Å². The van der Waals surface area contributed by atoms with Crippen molar-refractivity contribution in [3.8, 4) is 0 Å². The van der Waals surface area contributed by atoms with E-state index in [4.69, 9.17) is 0 Å². The number of ether oxygens (including phenoxy) is 1. The van der Waals surface area contributed by atoms with Crippen LogP contribution in [0, 0.1) is 12.3 Å². The van der Waals surface area contributed by atoms with Gasteiger partial charge >= 0.3 is 5.97 Å². The van der Waals surface area contributed by atoms with Gasteiger partial charge in [-0.3, -0.25) is 4.79 Å². The summed E-state index contributed by atoms with van der Waals surface area (Å²) in [7, 11) is 1.42. The van der Waals surface area contributed by atoms with E-state index >= 15 is 0 Å². The molecule has 0 amide bonds. The van der Waals surface area contributed by atoms with Crippen molar-refractivity contribution >= 4 is 5.97 Å². The zero-order valence-electron chi connectivity index (χ0n) is 17.7. The fraction of sp³-hybridized carbons (Fsp3) is 0.682. The topological polar surface area (TPSA) is 26.3 Å². The van der Waals surface area contributed by atoms with E-state index in [9.17, 15) is 4.79 Å². The van der Waals surface area contributed by atoms with Gasteiger partial charge in [-0.1, -0.05) is 72.2 Å². The lowest BCUT2D eigenvalue weighted by molar-refractivity contribution is -0.150. The van der Waals surface area contributed by atoms with Crippen molar-refractivity contribution in [3.05, 3.63) is 35.4 Å². The summed E-state index contributed by atoms with van der Waals surface area (Å²) in [5.41, 5.74) is 2.90. The second-order valence-electron chi connectivity index (χ2n) is 7.49. The molecule has 2 heteroatoms. The van der Waals surface area contributed by atoms with Crippen LogP contribution in [0.25, 0.3) is 0 Å². The minimum Gasteiger partial charge on any atom is -0.469 e. The van der Waals surface area contributed by atoms with Gasteiger partial charge in [0.2, 0.25) is 0 Å². The fourth-order valence-electron chi connectivity index (χ4n) is 1.94. The van der Waals surface area contributed by atoms with E-state index in [1.54, 1.807) is 0 Å². The molecule has 0 radical (unpaired) electrons. The third kappa shape index (κ3) is 9.10. The third-order valence-electron chi connectivity index (χ3n) is 4.38. The molecular weight excluding hydrogens is 296 g/mol. The molecule has 2 nitrogen and oxygen atoms in total. The molecule has 0 saturated heterocycles. The number of rotatable bonds is 4. The maximum absolute atomic E-state index is 10.8. The summed E-state index contributed by atoms with van der Waals surface area (Å²) in [6.45, 7) is 19.0. The zero-order chi connectivity index (χ0) is 19.4. The van der Waals surface area contributed by atoms with Crippen molar-refractivity contribution in [2.45, 2.75) is 87.0 Å². The smallest absolute Gasteiger partial charge is 0.311 e. The number of esters is 1. The number of benzene rings is 1. The molecular formula is C22H40O2.